The lowest BCUT2D eigenvalue weighted by Crippen LogP contribution is -2.35. The molecule has 1 heterocycles. The highest BCUT2D eigenvalue weighted by Gasteiger charge is 2.23. The van der Waals surface area contributed by atoms with Gasteiger partial charge in [0.15, 0.2) is 5.82 Å². The summed E-state index contributed by atoms with van der Waals surface area (Å²) >= 11 is 0. The van der Waals surface area contributed by atoms with Crippen LogP contribution < -0.4 is 16.5 Å². The number of rotatable bonds is 5. The van der Waals surface area contributed by atoms with Crippen LogP contribution in [0.25, 0.3) is 21.9 Å². The first-order valence-electron chi connectivity index (χ1n) is 8.21. The van der Waals surface area contributed by atoms with Crippen LogP contribution in [0.3, 0.4) is 0 Å². The first-order chi connectivity index (χ1) is 12.7. The van der Waals surface area contributed by atoms with Crippen molar-refractivity contribution in [1.29, 1.82) is 0 Å². The van der Waals surface area contributed by atoms with Gasteiger partial charge in [-0.15, -0.1) is 5.10 Å². The average molecular weight is 383 g/mol. The zero-order valence-corrected chi connectivity index (χ0v) is 16.1. The zero-order valence-electron chi connectivity index (χ0n) is 15.2. The van der Waals surface area contributed by atoms with Gasteiger partial charge in [-0.25, -0.2) is 0 Å². The molecule has 3 rings (SSSR count). The molecule has 2 aromatic carbocycles. The Kier molecular flexibility index (Phi) is 5.04. The molecule has 138 valence electrons. The molecular weight excluding hydrogens is 364 g/mol. The molecule has 3 N–H and O–H groups in total. The predicted molar refractivity (Wildman–Crippen MR) is 108 cm³/mol. The monoisotopic (exact) mass is 383 g/mol. The van der Waals surface area contributed by atoms with Gasteiger partial charge in [-0.2, -0.15) is 5.10 Å². The Morgan fingerprint density at radius 3 is 2.52 bits per heavy atom. The number of hydrogen-bond donors (Lipinski definition) is 2. The van der Waals surface area contributed by atoms with E-state index in [0.29, 0.717) is 16.6 Å². The number of nitrogen functional groups attached to an aromatic ring is 1. The molecule has 0 radical (unpaired) electrons. The molecule has 0 unspecified atom stereocenters. The Hall–Kier alpha value is -2.70. The molecule has 0 bridgehead atoms. The van der Waals surface area contributed by atoms with Crippen LogP contribution in [0.15, 0.2) is 36.4 Å². The lowest BCUT2D eigenvalue weighted by atomic mass is 9.78. The summed E-state index contributed by atoms with van der Waals surface area (Å²) in [7, 11) is -4.05. The molecule has 0 aliphatic heterocycles. The van der Waals surface area contributed by atoms with Crippen molar-refractivity contribution in [1.82, 2.24) is 10.2 Å². The first kappa shape index (κ1) is 19.1. The number of benzene rings is 2. The van der Waals surface area contributed by atoms with Crippen molar-refractivity contribution < 1.29 is 19.0 Å². The van der Waals surface area contributed by atoms with Crippen molar-refractivity contribution in [3.05, 3.63) is 42.1 Å². The molecule has 0 spiro atoms. The number of nitrogens with zero attached hydrogens (tertiary/aromatic N) is 2. The van der Waals surface area contributed by atoms with Crippen LogP contribution in [0.4, 0.5) is 5.82 Å². The summed E-state index contributed by atoms with van der Waals surface area (Å²) in [6, 6.07) is 10.7. The lowest BCUT2D eigenvalue weighted by Gasteiger charge is -2.14. The highest BCUT2D eigenvalue weighted by atomic mass is 31.2. The van der Waals surface area contributed by atoms with E-state index in [2.05, 4.69) is 14.9 Å². The number of hydrogen-bond acceptors (Lipinski definition) is 7. The fourth-order valence-corrected chi connectivity index (χ4v) is 3.78. The number of anilines is 1. The highest BCUT2D eigenvalue weighted by Crippen LogP contribution is 2.36. The zero-order chi connectivity index (χ0) is 19.8. The highest BCUT2D eigenvalue weighted by molar-refractivity contribution is 7.70. The van der Waals surface area contributed by atoms with E-state index >= 15 is 0 Å². The van der Waals surface area contributed by atoms with Gasteiger partial charge in [-0.1, -0.05) is 18.2 Å². The minimum absolute atomic E-state index is 0.176. The van der Waals surface area contributed by atoms with Crippen LogP contribution in [-0.4, -0.2) is 42.1 Å². The number of carbonyl (C=O) groups excluding carboxylic acids is 1. The molecule has 0 saturated heterocycles. The smallest absolute Gasteiger partial charge is 0.508 e. The minimum atomic E-state index is -2.61. The van der Waals surface area contributed by atoms with Gasteiger partial charge < -0.3 is 20.0 Å². The molecule has 27 heavy (non-hydrogen) atoms. The molecule has 3 aromatic rings. The van der Waals surface area contributed by atoms with Gasteiger partial charge in [-0.3, -0.25) is 4.79 Å². The van der Waals surface area contributed by atoms with Gasteiger partial charge >= 0.3 is 7.12 Å². The van der Waals surface area contributed by atoms with E-state index in [4.69, 9.17) is 5.73 Å². The molecule has 0 atom stereocenters. The number of carbonyl (C=O) groups is 1. The third-order valence-corrected chi connectivity index (χ3v) is 5.86. The molecule has 0 aliphatic carbocycles. The Labute approximate surface area is 157 Å². The maximum absolute atomic E-state index is 12.6. The van der Waals surface area contributed by atoms with Crippen molar-refractivity contribution in [2.24, 2.45) is 0 Å². The van der Waals surface area contributed by atoms with Crippen molar-refractivity contribution >= 4 is 48.1 Å². The van der Waals surface area contributed by atoms with E-state index in [1.165, 1.54) is 0 Å². The fraction of sp³-hybridized carbons (Fsp3) is 0.167. The van der Waals surface area contributed by atoms with Crippen LogP contribution in [0.5, 0.6) is 0 Å². The Morgan fingerprint density at radius 1 is 1.11 bits per heavy atom. The number of aryl methyl sites for hydroxylation is 1. The van der Waals surface area contributed by atoms with Crippen molar-refractivity contribution in [2.75, 3.05) is 19.1 Å². The molecular formula is C18H19BN3O4P. The summed E-state index contributed by atoms with van der Waals surface area (Å²) in [4.78, 5) is 10.6. The maximum atomic E-state index is 12.6. The second kappa shape index (κ2) is 7.14. The van der Waals surface area contributed by atoms with E-state index in [1.807, 2.05) is 31.2 Å². The molecule has 9 heteroatoms. The summed E-state index contributed by atoms with van der Waals surface area (Å²) in [5, 5.41) is 20.3. The van der Waals surface area contributed by atoms with Crippen molar-refractivity contribution in [2.45, 2.75) is 6.92 Å². The third kappa shape index (κ3) is 3.87. The average Bonchev–Trinajstić information content (AvgIpc) is 2.63. The number of nitrogens with two attached hydrogens (primary N) is 1. The van der Waals surface area contributed by atoms with Crippen LogP contribution in [0.2, 0.25) is 0 Å². The predicted octanol–water partition coefficient (Wildman–Crippen LogP) is 1.30. The van der Waals surface area contributed by atoms with E-state index in [9.17, 15) is 14.4 Å². The molecule has 7 nitrogen and oxygen atoms in total. The second-order valence-corrected chi connectivity index (χ2v) is 9.90. The van der Waals surface area contributed by atoms with E-state index in [1.54, 1.807) is 25.5 Å². The standard InChI is InChI=1S/C18H19BN3O4P/c1-11-17-8-12(4-5-16(17)18(20)22-21-11)13-6-14(19(24)26-10-23)9-15(7-13)27(2,3)25/h4-10,24H,1-3H3,(H2,20,22). The van der Waals surface area contributed by atoms with Crippen LogP contribution in [-0.2, 0) is 14.0 Å². The molecule has 1 aromatic heterocycles. The first-order valence-corrected chi connectivity index (χ1v) is 10.8. The van der Waals surface area contributed by atoms with Crippen LogP contribution in [0, 0.1) is 6.92 Å². The van der Waals surface area contributed by atoms with Gasteiger partial charge in [0, 0.05) is 16.1 Å². The molecule has 0 aliphatic rings. The lowest BCUT2D eigenvalue weighted by molar-refractivity contribution is -0.121. The second-order valence-electron chi connectivity index (χ2n) is 6.68. The summed E-state index contributed by atoms with van der Waals surface area (Å²) in [5.74, 6) is 0.345. The summed E-state index contributed by atoms with van der Waals surface area (Å²) in [6.45, 7) is 5.30. The van der Waals surface area contributed by atoms with Crippen molar-refractivity contribution in [3.63, 3.8) is 0 Å². The summed E-state index contributed by atoms with van der Waals surface area (Å²) in [5.41, 5.74) is 8.54. The van der Waals surface area contributed by atoms with Crippen LogP contribution >= 0.6 is 7.14 Å². The summed E-state index contributed by atoms with van der Waals surface area (Å²) in [6.07, 6.45) is 0. The van der Waals surface area contributed by atoms with Gasteiger partial charge in [0.1, 0.15) is 7.14 Å². The van der Waals surface area contributed by atoms with Gasteiger partial charge in [0.2, 0.25) is 0 Å². The van der Waals surface area contributed by atoms with E-state index < -0.39 is 14.3 Å². The van der Waals surface area contributed by atoms with Gasteiger partial charge in [0.25, 0.3) is 6.47 Å². The minimum Gasteiger partial charge on any atom is -0.508 e. The van der Waals surface area contributed by atoms with Gasteiger partial charge in [0.05, 0.1) is 5.69 Å². The third-order valence-electron chi connectivity index (χ3n) is 4.36. The Morgan fingerprint density at radius 2 is 1.85 bits per heavy atom. The summed E-state index contributed by atoms with van der Waals surface area (Å²) < 4.78 is 17.3. The Bertz CT molecular complexity index is 1080. The SMILES string of the molecule is Cc1nnc(N)c2ccc(-c3cc(B(O)OC=O)cc(P(C)(C)=O)c3)cc12. The maximum Gasteiger partial charge on any atom is 0.561 e. The van der Waals surface area contributed by atoms with Crippen LogP contribution in [0.1, 0.15) is 5.69 Å². The topological polar surface area (TPSA) is 115 Å². The molecule has 0 saturated carbocycles. The number of aromatic nitrogens is 2. The van der Waals surface area contributed by atoms with E-state index in [-0.39, 0.29) is 6.47 Å². The number of fused-ring (bicyclic) bond motifs is 1. The quantitative estimate of drug-likeness (QED) is 0.388. The Balaban J connectivity index is 2.22. The van der Waals surface area contributed by atoms with E-state index in [0.717, 1.165) is 27.6 Å². The molecule has 0 amide bonds. The molecule has 0 fully saturated rings. The van der Waals surface area contributed by atoms with Gasteiger partial charge in [-0.05, 0) is 55.0 Å². The normalized spacial score (nSPS) is 11.4. The fourth-order valence-electron chi connectivity index (χ4n) is 2.87. The largest absolute Gasteiger partial charge is 0.561 e. The van der Waals surface area contributed by atoms with Crippen molar-refractivity contribution in [3.8, 4) is 11.1 Å².